The lowest BCUT2D eigenvalue weighted by atomic mass is 9.92. The van der Waals surface area contributed by atoms with Crippen molar-refractivity contribution in [2.45, 2.75) is 45.1 Å². The first-order valence-electron chi connectivity index (χ1n) is 11.6. The van der Waals surface area contributed by atoms with Gasteiger partial charge in [0.15, 0.2) is 5.82 Å². The summed E-state index contributed by atoms with van der Waals surface area (Å²) in [6.45, 7) is 2.17. The van der Waals surface area contributed by atoms with E-state index >= 15 is 0 Å². The fourth-order valence-corrected chi connectivity index (χ4v) is 4.68. The number of aliphatic carboxylic acids is 1. The second-order valence-electron chi connectivity index (χ2n) is 8.50. The van der Waals surface area contributed by atoms with Crippen LogP contribution in [-0.4, -0.2) is 41.3 Å². The van der Waals surface area contributed by atoms with Crippen LogP contribution in [0.3, 0.4) is 0 Å². The molecule has 0 saturated carbocycles. The number of allylic oxidation sites excluding steroid dienone is 1. The Hall–Kier alpha value is -4.07. The second kappa shape index (κ2) is 9.43. The first-order chi connectivity index (χ1) is 16.7. The zero-order valence-electron chi connectivity index (χ0n) is 19.0. The van der Waals surface area contributed by atoms with Crippen molar-refractivity contribution in [3.63, 3.8) is 0 Å². The molecule has 8 heteroatoms. The van der Waals surface area contributed by atoms with E-state index in [2.05, 4.69) is 73.5 Å². The number of nitrogens with one attached hydrogen (secondary N) is 1. The summed E-state index contributed by atoms with van der Waals surface area (Å²) in [6.07, 6.45) is 7.65. The van der Waals surface area contributed by atoms with Gasteiger partial charge in [0.1, 0.15) is 5.82 Å². The van der Waals surface area contributed by atoms with Gasteiger partial charge in [0, 0.05) is 12.0 Å². The van der Waals surface area contributed by atoms with Crippen LogP contribution in [-0.2, 0) is 11.2 Å². The molecule has 0 amide bonds. The first kappa shape index (κ1) is 21.8. The lowest BCUT2D eigenvalue weighted by Gasteiger charge is -2.28. The number of carboxylic acid groups (broad SMARTS) is 1. The number of tetrazole rings is 1. The lowest BCUT2D eigenvalue weighted by Crippen LogP contribution is -2.20. The number of aromatic amines is 1. The minimum absolute atomic E-state index is 0.0118. The molecule has 0 fully saturated rings. The number of unbranched alkanes of at least 4 members (excludes halogenated alkanes) is 1. The Kier molecular flexibility index (Phi) is 6.03. The monoisotopic (exact) mass is 454 g/mol. The van der Waals surface area contributed by atoms with Crippen molar-refractivity contribution in [1.82, 2.24) is 30.2 Å². The summed E-state index contributed by atoms with van der Waals surface area (Å²) in [7, 11) is 0. The van der Waals surface area contributed by atoms with E-state index in [4.69, 9.17) is 0 Å². The molecule has 8 nitrogen and oxygen atoms in total. The third-order valence-corrected chi connectivity index (χ3v) is 6.33. The van der Waals surface area contributed by atoms with Gasteiger partial charge in [-0.3, -0.25) is 4.79 Å². The summed E-state index contributed by atoms with van der Waals surface area (Å²) in [6, 6.07) is 16.7. The SMILES string of the molecule is CCCCc1ncc2n1C(c1ccc(-c3ccccc3-c3nnn[nH]3)cc1)CC=C2CC(=O)O. The van der Waals surface area contributed by atoms with E-state index in [1.807, 2.05) is 24.4 Å². The number of nitrogens with zero attached hydrogens (tertiary/aromatic N) is 5. The van der Waals surface area contributed by atoms with Gasteiger partial charge in [-0.1, -0.05) is 68.0 Å². The number of benzene rings is 2. The maximum atomic E-state index is 11.4. The molecule has 5 rings (SSSR count). The van der Waals surface area contributed by atoms with Gasteiger partial charge >= 0.3 is 5.97 Å². The highest BCUT2D eigenvalue weighted by atomic mass is 16.4. The Morgan fingerprint density at radius 1 is 1.15 bits per heavy atom. The van der Waals surface area contributed by atoms with E-state index in [1.54, 1.807) is 0 Å². The number of imidazole rings is 1. The van der Waals surface area contributed by atoms with Crippen molar-refractivity contribution in [3.05, 3.63) is 77.9 Å². The Morgan fingerprint density at radius 2 is 1.94 bits per heavy atom. The summed E-state index contributed by atoms with van der Waals surface area (Å²) in [5, 5.41) is 23.7. The molecule has 2 aromatic heterocycles. The van der Waals surface area contributed by atoms with Gasteiger partial charge in [-0.2, -0.15) is 0 Å². The van der Waals surface area contributed by atoms with Crippen LogP contribution in [0.1, 0.15) is 55.7 Å². The van der Waals surface area contributed by atoms with Crippen LogP contribution in [0, 0.1) is 0 Å². The van der Waals surface area contributed by atoms with Crippen molar-refractivity contribution >= 4 is 11.5 Å². The van der Waals surface area contributed by atoms with Crippen LogP contribution in [0.15, 0.2) is 60.8 Å². The van der Waals surface area contributed by atoms with Crippen molar-refractivity contribution in [2.75, 3.05) is 0 Å². The van der Waals surface area contributed by atoms with E-state index in [-0.39, 0.29) is 12.5 Å². The van der Waals surface area contributed by atoms with Crippen LogP contribution in [0.2, 0.25) is 0 Å². The fraction of sp³-hybridized carbons (Fsp3) is 0.269. The molecular formula is C26H26N6O2. The Morgan fingerprint density at radius 3 is 2.65 bits per heavy atom. The standard InChI is InChI=1S/C26H26N6O2/c1-2-3-8-24-27-16-23-19(15-25(33)34)13-14-22(32(23)24)18-11-9-17(10-12-18)20-6-4-5-7-21(20)26-28-30-31-29-26/h4-7,9-13,16,22H,2-3,8,14-15H2,1H3,(H,33,34)(H,28,29,30,31). The van der Waals surface area contributed by atoms with Gasteiger partial charge in [0.2, 0.25) is 0 Å². The van der Waals surface area contributed by atoms with Crippen LogP contribution in [0.4, 0.5) is 0 Å². The number of rotatable bonds is 8. The van der Waals surface area contributed by atoms with Crippen molar-refractivity contribution < 1.29 is 9.90 Å². The van der Waals surface area contributed by atoms with Gasteiger partial charge < -0.3 is 9.67 Å². The maximum absolute atomic E-state index is 11.4. The third-order valence-electron chi connectivity index (χ3n) is 6.33. The number of carbonyl (C=O) groups is 1. The Balaban J connectivity index is 1.50. The van der Waals surface area contributed by atoms with Gasteiger partial charge in [-0.15, -0.1) is 5.10 Å². The van der Waals surface area contributed by atoms with E-state index < -0.39 is 5.97 Å². The highest BCUT2D eigenvalue weighted by Crippen LogP contribution is 2.37. The number of H-pyrrole nitrogens is 1. The van der Waals surface area contributed by atoms with Gasteiger partial charge in [0.05, 0.1) is 24.4 Å². The topological polar surface area (TPSA) is 110 Å². The predicted molar refractivity (Wildman–Crippen MR) is 129 cm³/mol. The molecule has 4 aromatic rings. The molecule has 0 aliphatic carbocycles. The molecular weight excluding hydrogens is 428 g/mol. The average Bonchev–Trinajstić information content (AvgIpc) is 3.54. The van der Waals surface area contributed by atoms with Crippen LogP contribution >= 0.6 is 0 Å². The smallest absolute Gasteiger partial charge is 0.307 e. The molecule has 1 aliphatic heterocycles. The van der Waals surface area contributed by atoms with E-state index in [0.717, 1.165) is 59.5 Å². The molecule has 0 bridgehead atoms. The van der Waals surface area contributed by atoms with Crippen LogP contribution < -0.4 is 0 Å². The minimum Gasteiger partial charge on any atom is -0.481 e. The van der Waals surface area contributed by atoms with Gasteiger partial charge in [-0.05, 0) is 45.5 Å². The molecule has 0 spiro atoms. The van der Waals surface area contributed by atoms with Crippen molar-refractivity contribution in [1.29, 1.82) is 0 Å². The van der Waals surface area contributed by atoms with Crippen LogP contribution in [0.5, 0.6) is 0 Å². The number of hydrogen-bond acceptors (Lipinski definition) is 5. The molecule has 0 radical (unpaired) electrons. The summed E-state index contributed by atoms with van der Waals surface area (Å²) in [5.41, 5.74) is 5.99. The van der Waals surface area contributed by atoms with E-state index in [1.165, 1.54) is 5.56 Å². The molecule has 1 atom stereocenters. The molecule has 172 valence electrons. The Bertz CT molecular complexity index is 1320. The quantitative estimate of drug-likeness (QED) is 0.391. The summed E-state index contributed by atoms with van der Waals surface area (Å²) in [4.78, 5) is 16.1. The van der Waals surface area contributed by atoms with E-state index in [9.17, 15) is 9.90 Å². The third kappa shape index (κ3) is 4.14. The van der Waals surface area contributed by atoms with E-state index in [0.29, 0.717) is 5.82 Å². The highest BCUT2D eigenvalue weighted by molar-refractivity contribution is 5.84. The molecule has 2 aromatic carbocycles. The normalized spacial score (nSPS) is 15.1. The highest BCUT2D eigenvalue weighted by Gasteiger charge is 2.26. The van der Waals surface area contributed by atoms with Gasteiger partial charge in [0.25, 0.3) is 0 Å². The predicted octanol–water partition coefficient (Wildman–Crippen LogP) is 4.92. The summed E-state index contributed by atoms with van der Waals surface area (Å²) < 4.78 is 2.25. The number of hydrogen-bond donors (Lipinski definition) is 2. The first-order valence-corrected chi connectivity index (χ1v) is 11.6. The van der Waals surface area contributed by atoms with Crippen molar-refractivity contribution in [3.8, 4) is 22.5 Å². The lowest BCUT2D eigenvalue weighted by molar-refractivity contribution is -0.135. The second-order valence-corrected chi connectivity index (χ2v) is 8.50. The largest absolute Gasteiger partial charge is 0.481 e. The molecule has 3 heterocycles. The number of aryl methyl sites for hydroxylation is 1. The Labute approximate surface area is 197 Å². The fourth-order valence-electron chi connectivity index (χ4n) is 4.68. The minimum atomic E-state index is -0.822. The molecule has 1 aliphatic rings. The summed E-state index contributed by atoms with van der Waals surface area (Å²) in [5.74, 6) is 0.828. The zero-order valence-corrected chi connectivity index (χ0v) is 19.0. The van der Waals surface area contributed by atoms with Crippen LogP contribution in [0.25, 0.3) is 28.1 Å². The average molecular weight is 455 g/mol. The van der Waals surface area contributed by atoms with Crippen molar-refractivity contribution in [2.24, 2.45) is 0 Å². The molecule has 0 saturated heterocycles. The maximum Gasteiger partial charge on any atom is 0.307 e. The summed E-state index contributed by atoms with van der Waals surface area (Å²) >= 11 is 0. The zero-order chi connectivity index (χ0) is 23.5. The molecule has 34 heavy (non-hydrogen) atoms. The van der Waals surface area contributed by atoms with Gasteiger partial charge in [-0.25, -0.2) is 10.1 Å². The number of aromatic nitrogens is 6. The molecule has 1 unspecified atom stereocenters. The number of carboxylic acids is 1. The molecule has 2 N–H and O–H groups in total. The number of fused-ring (bicyclic) bond motifs is 1.